The van der Waals surface area contributed by atoms with Crippen LogP contribution in [0.5, 0.6) is 17.2 Å². The van der Waals surface area contributed by atoms with Gasteiger partial charge < -0.3 is 15.3 Å². The van der Waals surface area contributed by atoms with E-state index in [1.54, 1.807) is 48.8 Å². The van der Waals surface area contributed by atoms with Gasteiger partial charge in [0.15, 0.2) is 0 Å². The number of hydrogen-bond donors (Lipinski definition) is 3. The Kier molecular flexibility index (Phi) is 4.45. The third-order valence-electron chi connectivity index (χ3n) is 5.01. The van der Waals surface area contributed by atoms with Crippen molar-refractivity contribution in [3.8, 4) is 17.2 Å². The minimum atomic E-state index is -0.724. The maximum atomic E-state index is 9.83. The quantitative estimate of drug-likeness (QED) is 0.460. The first kappa shape index (κ1) is 17.6. The fraction of sp³-hybridized carbons (Fsp3) is 0.0417. The SMILES string of the molecule is Oc1ccc(C(c2ccncc2)(c2ccc(O)cc2)c2ccc(O)cc2)cc1. The van der Waals surface area contributed by atoms with Crippen molar-refractivity contribution < 1.29 is 15.3 Å². The minimum Gasteiger partial charge on any atom is -0.508 e. The molecule has 1 aromatic heterocycles. The molecule has 1 heterocycles. The van der Waals surface area contributed by atoms with Crippen molar-refractivity contribution in [2.45, 2.75) is 5.41 Å². The Hall–Kier alpha value is -3.79. The fourth-order valence-corrected chi connectivity index (χ4v) is 3.74. The molecule has 4 heteroatoms. The van der Waals surface area contributed by atoms with Crippen molar-refractivity contribution in [3.63, 3.8) is 0 Å². The largest absolute Gasteiger partial charge is 0.508 e. The van der Waals surface area contributed by atoms with Gasteiger partial charge in [-0.15, -0.1) is 0 Å². The summed E-state index contributed by atoms with van der Waals surface area (Å²) in [7, 11) is 0. The number of rotatable bonds is 4. The molecule has 0 aliphatic heterocycles. The maximum Gasteiger partial charge on any atom is 0.115 e. The van der Waals surface area contributed by atoms with E-state index in [4.69, 9.17) is 0 Å². The number of phenolic OH excluding ortho intramolecular Hbond substituents is 3. The molecule has 28 heavy (non-hydrogen) atoms. The molecular formula is C24H19NO3. The van der Waals surface area contributed by atoms with E-state index < -0.39 is 5.41 Å². The van der Waals surface area contributed by atoms with Crippen LogP contribution in [0.15, 0.2) is 97.3 Å². The van der Waals surface area contributed by atoms with Crippen molar-refractivity contribution in [2.24, 2.45) is 0 Å². The third kappa shape index (κ3) is 2.95. The van der Waals surface area contributed by atoms with Gasteiger partial charge in [0, 0.05) is 12.4 Å². The lowest BCUT2D eigenvalue weighted by Gasteiger charge is -2.36. The zero-order valence-corrected chi connectivity index (χ0v) is 15.0. The smallest absolute Gasteiger partial charge is 0.115 e. The predicted molar refractivity (Wildman–Crippen MR) is 108 cm³/mol. The first-order valence-electron chi connectivity index (χ1n) is 8.90. The van der Waals surface area contributed by atoms with Gasteiger partial charge in [0.25, 0.3) is 0 Å². The first-order valence-corrected chi connectivity index (χ1v) is 8.90. The van der Waals surface area contributed by atoms with Gasteiger partial charge in [0.05, 0.1) is 5.41 Å². The van der Waals surface area contributed by atoms with Crippen LogP contribution >= 0.6 is 0 Å². The Morgan fingerprint density at radius 2 is 0.714 bits per heavy atom. The molecule has 4 nitrogen and oxygen atoms in total. The molecule has 3 N–H and O–H groups in total. The van der Waals surface area contributed by atoms with Gasteiger partial charge in [-0.1, -0.05) is 36.4 Å². The lowest BCUT2D eigenvalue weighted by atomic mass is 9.65. The highest BCUT2D eigenvalue weighted by atomic mass is 16.3. The molecule has 3 aromatic carbocycles. The van der Waals surface area contributed by atoms with E-state index >= 15 is 0 Å². The van der Waals surface area contributed by atoms with Gasteiger partial charge in [-0.3, -0.25) is 4.98 Å². The molecule has 0 aliphatic rings. The van der Waals surface area contributed by atoms with E-state index in [1.165, 1.54) is 0 Å². The van der Waals surface area contributed by atoms with E-state index in [0.29, 0.717) is 0 Å². The lowest BCUT2D eigenvalue weighted by molar-refractivity contribution is 0.474. The van der Waals surface area contributed by atoms with Crippen LogP contribution < -0.4 is 0 Å². The average molecular weight is 369 g/mol. The summed E-state index contributed by atoms with van der Waals surface area (Å²) in [5.74, 6) is 0.552. The number of nitrogens with zero attached hydrogens (tertiary/aromatic N) is 1. The van der Waals surface area contributed by atoms with E-state index in [-0.39, 0.29) is 17.2 Å². The highest BCUT2D eigenvalue weighted by molar-refractivity contribution is 5.60. The number of aromatic hydroxyl groups is 3. The van der Waals surface area contributed by atoms with Crippen LogP contribution in [0.25, 0.3) is 0 Å². The fourth-order valence-electron chi connectivity index (χ4n) is 3.74. The van der Waals surface area contributed by atoms with Crippen molar-refractivity contribution >= 4 is 0 Å². The maximum absolute atomic E-state index is 9.83. The summed E-state index contributed by atoms with van der Waals surface area (Å²) in [6.45, 7) is 0. The average Bonchev–Trinajstić information content (AvgIpc) is 2.73. The molecule has 4 aromatic rings. The Bertz CT molecular complexity index is 947. The van der Waals surface area contributed by atoms with Crippen molar-refractivity contribution in [1.82, 2.24) is 4.98 Å². The molecule has 0 fully saturated rings. The molecule has 0 bridgehead atoms. The normalized spacial score (nSPS) is 11.3. The minimum absolute atomic E-state index is 0.184. The van der Waals surface area contributed by atoms with Crippen LogP contribution in [0.3, 0.4) is 0 Å². The monoisotopic (exact) mass is 369 g/mol. The zero-order chi connectivity index (χ0) is 19.6. The zero-order valence-electron chi connectivity index (χ0n) is 15.0. The van der Waals surface area contributed by atoms with Crippen LogP contribution in [0, 0.1) is 0 Å². The van der Waals surface area contributed by atoms with Gasteiger partial charge >= 0.3 is 0 Å². The summed E-state index contributed by atoms with van der Waals surface area (Å²) in [5, 5.41) is 29.5. The summed E-state index contributed by atoms with van der Waals surface area (Å²) >= 11 is 0. The Morgan fingerprint density at radius 3 is 1.04 bits per heavy atom. The third-order valence-corrected chi connectivity index (χ3v) is 5.01. The van der Waals surface area contributed by atoms with Crippen molar-refractivity contribution in [1.29, 1.82) is 0 Å². The van der Waals surface area contributed by atoms with Crippen LogP contribution in [-0.4, -0.2) is 20.3 Å². The van der Waals surface area contributed by atoms with E-state index in [1.807, 2.05) is 48.5 Å². The highest BCUT2D eigenvalue weighted by Crippen LogP contribution is 2.45. The molecule has 0 saturated carbocycles. The molecular weight excluding hydrogens is 350 g/mol. The van der Waals surface area contributed by atoms with Crippen LogP contribution in [-0.2, 0) is 5.41 Å². The standard InChI is InChI=1S/C24H19NO3/c26-21-7-1-17(2-8-21)24(20-13-15-25-16-14-20,18-3-9-22(27)10-4-18)19-5-11-23(28)12-6-19/h1-16,26-28H. The Labute approximate surface area is 163 Å². The molecule has 0 saturated heterocycles. The second kappa shape index (κ2) is 7.08. The summed E-state index contributed by atoms with van der Waals surface area (Å²) in [5.41, 5.74) is 3.07. The molecule has 0 aliphatic carbocycles. The number of phenols is 3. The van der Waals surface area contributed by atoms with E-state index in [9.17, 15) is 15.3 Å². The van der Waals surface area contributed by atoms with Gasteiger partial charge in [0.1, 0.15) is 17.2 Å². The van der Waals surface area contributed by atoms with Crippen LogP contribution in [0.1, 0.15) is 22.3 Å². The number of pyridine rings is 1. The van der Waals surface area contributed by atoms with Gasteiger partial charge in [0.2, 0.25) is 0 Å². The number of benzene rings is 3. The van der Waals surface area contributed by atoms with Gasteiger partial charge in [-0.2, -0.15) is 0 Å². The summed E-state index contributed by atoms with van der Waals surface area (Å²) < 4.78 is 0. The van der Waals surface area contributed by atoms with Gasteiger partial charge in [-0.05, 0) is 70.8 Å². The second-order valence-electron chi connectivity index (χ2n) is 6.63. The number of aromatic nitrogens is 1. The Balaban J connectivity index is 2.11. The molecule has 0 amide bonds. The molecule has 4 rings (SSSR count). The second-order valence-corrected chi connectivity index (χ2v) is 6.63. The first-order chi connectivity index (χ1) is 13.6. The number of hydrogen-bond acceptors (Lipinski definition) is 4. The van der Waals surface area contributed by atoms with E-state index in [0.717, 1.165) is 22.3 Å². The molecule has 0 atom stereocenters. The molecule has 138 valence electrons. The van der Waals surface area contributed by atoms with E-state index in [2.05, 4.69) is 4.98 Å². The van der Waals surface area contributed by atoms with Crippen LogP contribution in [0.2, 0.25) is 0 Å². The molecule has 0 spiro atoms. The lowest BCUT2D eigenvalue weighted by Crippen LogP contribution is -2.31. The summed E-state index contributed by atoms with van der Waals surface area (Å²) in [4.78, 5) is 4.16. The molecule has 0 unspecified atom stereocenters. The van der Waals surface area contributed by atoms with Crippen molar-refractivity contribution in [3.05, 3.63) is 120 Å². The highest BCUT2D eigenvalue weighted by Gasteiger charge is 2.38. The van der Waals surface area contributed by atoms with Crippen molar-refractivity contribution in [2.75, 3.05) is 0 Å². The summed E-state index contributed by atoms with van der Waals surface area (Å²) in [6.07, 6.45) is 3.48. The molecule has 0 radical (unpaired) electrons. The topological polar surface area (TPSA) is 73.6 Å². The summed E-state index contributed by atoms with van der Waals surface area (Å²) in [6, 6.07) is 25.2. The predicted octanol–water partition coefficient (Wildman–Crippen LogP) is 4.58. The Morgan fingerprint density at radius 1 is 0.429 bits per heavy atom. The van der Waals surface area contributed by atoms with Gasteiger partial charge in [-0.25, -0.2) is 0 Å². The van der Waals surface area contributed by atoms with Crippen LogP contribution in [0.4, 0.5) is 0 Å².